The molecule has 0 spiro atoms. The van der Waals surface area contributed by atoms with E-state index in [1.807, 2.05) is 44.1 Å². The summed E-state index contributed by atoms with van der Waals surface area (Å²) in [5, 5.41) is 50.2. The van der Waals surface area contributed by atoms with Crippen LogP contribution >= 0.6 is 0 Å². The van der Waals surface area contributed by atoms with Crippen molar-refractivity contribution in [3.63, 3.8) is 0 Å². The first-order chi connectivity index (χ1) is 30.3. The number of amides is 1. The topological polar surface area (TPSA) is 230 Å². The highest BCUT2D eigenvalue weighted by Crippen LogP contribution is 2.41. The fraction of sp³-hybridized carbons (Fsp3) is 0.809. The minimum atomic E-state index is -2.04. The summed E-state index contributed by atoms with van der Waals surface area (Å²) in [6.07, 6.45) is -10.5. The predicted molar refractivity (Wildman–Crippen MR) is 235 cm³/mol. The minimum Gasteiger partial charge on any atom is -0.459 e. The number of likely N-dealkylation sites (N-methyl/N-ethyl adjacent to an activating group) is 1. The lowest BCUT2D eigenvalue weighted by Crippen LogP contribution is -2.61. The van der Waals surface area contributed by atoms with Gasteiger partial charge >= 0.3 is 12.1 Å². The summed E-state index contributed by atoms with van der Waals surface area (Å²) >= 11 is 0. The van der Waals surface area contributed by atoms with E-state index in [-0.39, 0.29) is 44.7 Å². The van der Waals surface area contributed by atoms with E-state index in [1.54, 1.807) is 41.5 Å². The number of hydrogen-bond acceptors (Lipinski definition) is 17. The van der Waals surface area contributed by atoms with Gasteiger partial charge in [0.2, 0.25) is 6.79 Å². The molecule has 5 rings (SSSR count). The maximum absolute atomic E-state index is 14.4. The van der Waals surface area contributed by atoms with E-state index in [4.69, 9.17) is 42.6 Å². The Morgan fingerprint density at radius 1 is 0.923 bits per heavy atom. The molecule has 0 radical (unpaired) electrons. The molecule has 18 atom stereocenters. The zero-order valence-corrected chi connectivity index (χ0v) is 40.5. The molecule has 0 bridgehead atoms. The van der Waals surface area contributed by atoms with E-state index in [0.717, 1.165) is 5.56 Å². The first kappa shape index (κ1) is 52.8. The molecule has 3 fully saturated rings. The molecule has 65 heavy (non-hydrogen) atoms. The van der Waals surface area contributed by atoms with Crippen molar-refractivity contribution >= 4 is 17.8 Å². The van der Waals surface area contributed by atoms with Crippen molar-refractivity contribution in [1.82, 2.24) is 10.2 Å². The number of alkyl carbamates (subject to hydrolysis) is 1. The van der Waals surface area contributed by atoms with Gasteiger partial charge < -0.3 is 73.3 Å². The molecule has 370 valence electrons. The number of carbonyl (C=O) groups excluding carboxylic acids is 3. The third-order valence-corrected chi connectivity index (χ3v) is 14.1. The molecular weight excluding hydrogens is 849 g/mol. The van der Waals surface area contributed by atoms with Gasteiger partial charge in [0.15, 0.2) is 30.2 Å². The summed E-state index contributed by atoms with van der Waals surface area (Å²) in [6.45, 7) is 16.8. The smallest absolute Gasteiger partial charge is 0.407 e. The molecule has 0 unspecified atom stereocenters. The molecular formula is C47H76N2O16. The van der Waals surface area contributed by atoms with Crippen molar-refractivity contribution in [2.75, 3.05) is 34.5 Å². The van der Waals surface area contributed by atoms with Gasteiger partial charge in [0, 0.05) is 43.9 Å². The van der Waals surface area contributed by atoms with Gasteiger partial charge in [-0.3, -0.25) is 9.59 Å². The average molecular weight is 925 g/mol. The zero-order valence-electron chi connectivity index (χ0n) is 40.5. The Bertz CT molecular complexity index is 1780. The Morgan fingerprint density at radius 2 is 1.60 bits per heavy atom. The molecule has 1 aromatic carbocycles. The molecule has 0 saturated carbocycles. The number of carbonyl (C=O) groups is 3. The number of methoxy groups -OCH3 is 1. The van der Waals surface area contributed by atoms with E-state index < -0.39 is 114 Å². The number of aliphatic hydroxyl groups is 4. The number of Topliss-reactive ketones (excluding diaryl/α,β-unsaturated/α-hetero) is 1. The molecule has 4 heterocycles. The molecule has 18 nitrogen and oxygen atoms in total. The van der Waals surface area contributed by atoms with Gasteiger partial charge in [-0.15, -0.1) is 0 Å². The summed E-state index contributed by atoms with van der Waals surface area (Å²) in [5.74, 6) is -3.93. The molecule has 0 aliphatic carbocycles. The van der Waals surface area contributed by atoms with Crippen molar-refractivity contribution in [3.05, 3.63) is 23.8 Å². The highest BCUT2D eigenvalue weighted by atomic mass is 16.7. The summed E-state index contributed by atoms with van der Waals surface area (Å²) < 4.78 is 55.0. The number of ether oxygens (including phenoxy) is 9. The first-order valence-electron chi connectivity index (χ1n) is 23.1. The van der Waals surface area contributed by atoms with Crippen LogP contribution in [0.5, 0.6) is 11.5 Å². The third-order valence-electron chi connectivity index (χ3n) is 14.1. The summed E-state index contributed by atoms with van der Waals surface area (Å²) in [7, 11) is 5.17. The van der Waals surface area contributed by atoms with Crippen LogP contribution in [-0.2, 0) is 49.2 Å². The number of aliphatic hydroxyl groups excluding tert-OH is 2. The highest BCUT2D eigenvalue weighted by Gasteiger charge is 2.54. The Hall–Kier alpha value is -3.17. The lowest BCUT2D eigenvalue weighted by molar-refractivity contribution is -0.317. The summed E-state index contributed by atoms with van der Waals surface area (Å²) in [5.41, 5.74) is -4.12. The number of cyclic esters (lactones) is 1. The second-order valence-corrected chi connectivity index (χ2v) is 19.7. The van der Waals surface area contributed by atoms with Crippen molar-refractivity contribution in [1.29, 1.82) is 0 Å². The van der Waals surface area contributed by atoms with Gasteiger partial charge in [-0.1, -0.05) is 33.8 Å². The van der Waals surface area contributed by atoms with Crippen molar-refractivity contribution in [2.45, 2.75) is 186 Å². The molecule has 3 saturated heterocycles. The van der Waals surface area contributed by atoms with Gasteiger partial charge in [0.25, 0.3) is 0 Å². The Kier molecular flexibility index (Phi) is 17.4. The van der Waals surface area contributed by atoms with Gasteiger partial charge in [-0.25, -0.2) is 4.79 Å². The fourth-order valence-corrected chi connectivity index (χ4v) is 10.2. The van der Waals surface area contributed by atoms with Crippen molar-refractivity contribution in [2.24, 2.45) is 23.7 Å². The van der Waals surface area contributed by atoms with Crippen LogP contribution in [-0.4, -0.2) is 162 Å². The number of hydrogen-bond donors (Lipinski definition) is 5. The fourth-order valence-electron chi connectivity index (χ4n) is 10.2. The normalized spacial score (nSPS) is 42.0. The van der Waals surface area contributed by atoms with E-state index in [9.17, 15) is 34.8 Å². The number of nitrogens with zero attached hydrogens (tertiary/aromatic N) is 1. The van der Waals surface area contributed by atoms with Crippen LogP contribution in [0.3, 0.4) is 0 Å². The molecule has 1 amide bonds. The summed E-state index contributed by atoms with van der Waals surface area (Å²) in [4.78, 5) is 43.5. The number of fused-ring (bicyclic) bond motifs is 1. The van der Waals surface area contributed by atoms with Crippen LogP contribution in [0.2, 0.25) is 0 Å². The second-order valence-electron chi connectivity index (χ2n) is 19.7. The minimum absolute atomic E-state index is 0.0181. The second kappa shape index (κ2) is 21.4. The van der Waals surface area contributed by atoms with Gasteiger partial charge in [0.05, 0.1) is 42.0 Å². The largest absolute Gasteiger partial charge is 0.459 e. The molecule has 1 aromatic rings. The van der Waals surface area contributed by atoms with Gasteiger partial charge in [-0.2, -0.15) is 0 Å². The van der Waals surface area contributed by atoms with Gasteiger partial charge in [0.1, 0.15) is 29.2 Å². The van der Waals surface area contributed by atoms with Crippen LogP contribution in [0, 0.1) is 23.7 Å². The van der Waals surface area contributed by atoms with Crippen molar-refractivity contribution < 1.29 is 77.4 Å². The number of nitrogens with one attached hydrogen (secondary N) is 1. The van der Waals surface area contributed by atoms with E-state index in [2.05, 4.69) is 5.32 Å². The van der Waals surface area contributed by atoms with E-state index in [1.165, 1.54) is 27.9 Å². The first-order valence-corrected chi connectivity index (χ1v) is 23.1. The predicted octanol–water partition coefficient (Wildman–Crippen LogP) is 3.49. The quantitative estimate of drug-likeness (QED) is 0.200. The Labute approximate surface area is 383 Å². The molecule has 5 N–H and O–H groups in total. The Morgan fingerprint density at radius 3 is 2.25 bits per heavy atom. The monoisotopic (exact) mass is 925 g/mol. The maximum Gasteiger partial charge on any atom is 0.407 e. The summed E-state index contributed by atoms with van der Waals surface area (Å²) in [6, 6.07) is 5.22. The average Bonchev–Trinajstić information content (AvgIpc) is 3.72. The lowest BCUT2D eigenvalue weighted by atomic mass is 9.74. The molecule has 4 aliphatic rings. The van der Waals surface area contributed by atoms with Crippen LogP contribution in [0.1, 0.15) is 100 Å². The SMILES string of the molecule is CC[C@H]1OC(=O)[C@H](C)[C@@H](O[C@H]2C[C@@](C)(OC)[C@@H](OC(=O)NCCc3ccc4c(c3)OCO4)[C@H](C)O2)[C@H](C)[C@@H](O[C@@H]2O[C@H](C)C[C@H](N(C)C)[C@H]2O)[C@@](C)(O)C[C@@H](C)C(=O)[C@H](C)[C@@H](O)[C@]1(C)O. The standard InChI is InChI=1S/C47H76N2O16/c1-14-34-47(10,56)39(52)26(4)36(50)24(2)21-45(8,55)40(64-43-37(51)31(49(11)12)19-25(3)60-43)27(5)38(28(6)42(53)62-34)63-35-22-46(9,57-13)41(29(7)61-35)65-44(54)48-18-17-30-15-16-32-33(20-30)59-23-58-32/h15-16,20,24-29,31,34-35,37-41,43,51-52,55-56H,14,17-19,21-23H2,1-13H3,(H,48,54)/t24-,25-,26+,27+,28-,29+,31+,34-,35+,37-,38+,39-,40-,41+,43+,45+,46-,47-/m1/s1. The number of benzene rings is 1. The van der Waals surface area contributed by atoms with Crippen LogP contribution in [0.15, 0.2) is 18.2 Å². The molecule has 4 aliphatic heterocycles. The highest BCUT2D eigenvalue weighted by molar-refractivity contribution is 5.83. The number of ketones is 1. The zero-order chi connectivity index (χ0) is 48.3. The molecule has 18 heteroatoms. The molecule has 0 aromatic heterocycles. The van der Waals surface area contributed by atoms with E-state index >= 15 is 0 Å². The van der Waals surface area contributed by atoms with Crippen molar-refractivity contribution in [3.8, 4) is 11.5 Å². The van der Waals surface area contributed by atoms with Gasteiger partial charge in [-0.05, 0) is 99.0 Å². The third kappa shape index (κ3) is 11.9. The Balaban J connectivity index is 1.44. The van der Waals surface area contributed by atoms with Crippen LogP contribution in [0.4, 0.5) is 4.79 Å². The van der Waals surface area contributed by atoms with Crippen LogP contribution < -0.4 is 14.8 Å². The maximum atomic E-state index is 14.4. The lowest BCUT2D eigenvalue weighted by Gasteiger charge is -2.49. The number of esters is 1. The van der Waals surface area contributed by atoms with Crippen LogP contribution in [0.25, 0.3) is 0 Å². The number of rotatable bonds is 11. The van der Waals surface area contributed by atoms with E-state index in [0.29, 0.717) is 24.3 Å².